The number of hydrogen-bond donors (Lipinski definition) is 2. The molecule has 0 saturated carbocycles. The van der Waals surface area contributed by atoms with Gasteiger partial charge in [-0.25, -0.2) is 0 Å². The van der Waals surface area contributed by atoms with Gasteiger partial charge >= 0.3 is 0 Å². The molecule has 1 aliphatic heterocycles. The van der Waals surface area contributed by atoms with Crippen molar-refractivity contribution in [2.75, 3.05) is 13.2 Å². The molecular formula is C14H19NO3. The van der Waals surface area contributed by atoms with Gasteiger partial charge in [-0.1, -0.05) is 32.0 Å². The van der Waals surface area contributed by atoms with Crippen LogP contribution in [0.1, 0.15) is 25.8 Å². The summed E-state index contributed by atoms with van der Waals surface area (Å²) in [5.74, 6) is 0.570. The Morgan fingerprint density at radius 3 is 2.94 bits per heavy atom. The third-order valence-corrected chi connectivity index (χ3v) is 3.24. The van der Waals surface area contributed by atoms with Crippen LogP contribution in [-0.2, 0) is 10.4 Å². The predicted octanol–water partition coefficient (Wildman–Crippen LogP) is 1.43. The average molecular weight is 249 g/mol. The molecular weight excluding hydrogens is 230 g/mol. The normalized spacial score (nSPS) is 22.2. The Bertz CT molecular complexity index is 444. The number of aliphatic hydroxyl groups is 1. The third-order valence-electron chi connectivity index (χ3n) is 3.24. The summed E-state index contributed by atoms with van der Waals surface area (Å²) in [5.41, 5.74) is -0.278. The number of nitrogens with one attached hydrogen (secondary N) is 1. The first-order valence-electron chi connectivity index (χ1n) is 6.25. The predicted molar refractivity (Wildman–Crippen MR) is 68.3 cm³/mol. The largest absolute Gasteiger partial charge is 0.493 e. The van der Waals surface area contributed by atoms with Gasteiger partial charge in [-0.15, -0.1) is 0 Å². The van der Waals surface area contributed by atoms with Crippen molar-refractivity contribution in [3.63, 3.8) is 0 Å². The van der Waals surface area contributed by atoms with Gasteiger partial charge in [-0.05, 0) is 6.07 Å². The van der Waals surface area contributed by atoms with Crippen molar-refractivity contribution in [2.24, 2.45) is 5.92 Å². The highest BCUT2D eigenvalue weighted by Gasteiger charge is 2.35. The van der Waals surface area contributed by atoms with Crippen LogP contribution in [0.5, 0.6) is 5.75 Å². The number of carbonyl (C=O) groups excluding carboxylic acids is 1. The van der Waals surface area contributed by atoms with Crippen LogP contribution in [0.3, 0.4) is 0 Å². The van der Waals surface area contributed by atoms with Crippen molar-refractivity contribution in [1.82, 2.24) is 5.32 Å². The van der Waals surface area contributed by atoms with Crippen molar-refractivity contribution < 1.29 is 14.6 Å². The highest BCUT2D eigenvalue weighted by molar-refractivity contribution is 5.77. The Morgan fingerprint density at radius 2 is 2.22 bits per heavy atom. The van der Waals surface area contributed by atoms with Crippen molar-refractivity contribution >= 4 is 5.91 Å². The van der Waals surface area contributed by atoms with Gasteiger partial charge in [-0.3, -0.25) is 4.79 Å². The van der Waals surface area contributed by atoms with Gasteiger partial charge in [0, 0.05) is 17.9 Å². The minimum Gasteiger partial charge on any atom is -0.493 e. The van der Waals surface area contributed by atoms with E-state index in [2.05, 4.69) is 5.32 Å². The van der Waals surface area contributed by atoms with Crippen LogP contribution >= 0.6 is 0 Å². The molecule has 4 heteroatoms. The van der Waals surface area contributed by atoms with E-state index in [1.54, 1.807) is 0 Å². The molecule has 1 aliphatic rings. The molecule has 0 saturated heterocycles. The van der Waals surface area contributed by atoms with Gasteiger partial charge in [0.25, 0.3) is 0 Å². The molecule has 0 radical (unpaired) electrons. The maximum absolute atomic E-state index is 11.6. The summed E-state index contributed by atoms with van der Waals surface area (Å²) in [6, 6.07) is 7.42. The molecule has 1 unspecified atom stereocenters. The van der Waals surface area contributed by atoms with Crippen LogP contribution in [0.25, 0.3) is 0 Å². The van der Waals surface area contributed by atoms with Gasteiger partial charge in [-0.2, -0.15) is 0 Å². The van der Waals surface area contributed by atoms with Crippen LogP contribution in [0, 0.1) is 5.92 Å². The summed E-state index contributed by atoms with van der Waals surface area (Å²) in [7, 11) is 0. The van der Waals surface area contributed by atoms with Gasteiger partial charge in [0.15, 0.2) is 0 Å². The number of para-hydroxylation sites is 1. The molecule has 4 nitrogen and oxygen atoms in total. The number of benzene rings is 1. The summed E-state index contributed by atoms with van der Waals surface area (Å²) in [6.45, 7) is 4.35. The fraction of sp³-hybridized carbons (Fsp3) is 0.500. The summed E-state index contributed by atoms with van der Waals surface area (Å²) < 4.78 is 5.50. The molecule has 1 atom stereocenters. The molecule has 98 valence electrons. The molecule has 1 aromatic carbocycles. The molecule has 0 aliphatic carbocycles. The average Bonchev–Trinajstić information content (AvgIpc) is 2.36. The monoisotopic (exact) mass is 249 g/mol. The molecule has 0 fully saturated rings. The minimum atomic E-state index is -1.03. The number of ether oxygens (including phenoxy) is 1. The highest BCUT2D eigenvalue weighted by atomic mass is 16.5. The summed E-state index contributed by atoms with van der Waals surface area (Å²) >= 11 is 0. The van der Waals surface area contributed by atoms with E-state index in [0.717, 1.165) is 5.56 Å². The molecule has 1 aromatic rings. The highest BCUT2D eigenvalue weighted by Crippen LogP contribution is 2.36. The smallest absolute Gasteiger partial charge is 0.222 e. The van der Waals surface area contributed by atoms with Crippen LogP contribution in [0.4, 0.5) is 0 Å². The van der Waals surface area contributed by atoms with Crippen LogP contribution < -0.4 is 10.1 Å². The first-order chi connectivity index (χ1) is 8.53. The second-order valence-corrected chi connectivity index (χ2v) is 5.00. The fourth-order valence-corrected chi connectivity index (χ4v) is 2.06. The topological polar surface area (TPSA) is 58.6 Å². The van der Waals surface area contributed by atoms with Crippen molar-refractivity contribution in [1.29, 1.82) is 0 Å². The second-order valence-electron chi connectivity index (χ2n) is 5.00. The quantitative estimate of drug-likeness (QED) is 0.852. The summed E-state index contributed by atoms with van der Waals surface area (Å²) in [6.07, 6.45) is 0.488. The van der Waals surface area contributed by atoms with Gasteiger partial charge in [0.05, 0.1) is 13.2 Å². The Labute approximate surface area is 107 Å². The maximum Gasteiger partial charge on any atom is 0.222 e. The zero-order chi connectivity index (χ0) is 13.2. The Kier molecular flexibility index (Phi) is 3.57. The minimum absolute atomic E-state index is 0.0487. The Morgan fingerprint density at radius 1 is 1.50 bits per heavy atom. The molecule has 2 rings (SSSR count). The molecule has 0 spiro atoms. The van der Waals surface area contributed by atoms with E-state index in [0.29, 0.717) is 18.8 Å². The number of carbonyl (C=O) groups is 1. The zero-order valence-corrected chi connectivity index (χ0v) is 10.8. The van der Waals surface area contributed by atoms with E-state index >= 15 is 0 Å². The lowest BCUT2D eigenvalue weighted by atomic mass is 9.88. The lowest BCUT2D eigenvalue weighted by Gasteiger charge is -2.34. The van der Waals surface area contributed by atoms with Crippen molar-refractivity contribution in [3.8, 4) is 5.75 Å². The van der Waals surface area contributed by atoms with E-state index in [4.69, 9.17) is 4.74 Å². The summed E-state index contributed by atoms with van der Waals surface area (Å²) in [5, 5.41) is 13.4. The number of hydrogen-bond acceptors (Lipinski definition) is 3. The van der Waals surface area contributed by atoms with Crippen LogP contribution in [0.2, 0.25) is 0 Å². The van der Waals surface area contributed by atoms with Gasteiger partial charge < -0.3 is 15.2 Å². The summed E-state index contributed by atoms with van der Waals surface area (Å²) in [4.78, 5) is 11.6. The molecule has 1 amide bonds. The zero-order valence-electron chi connectivity index (χ0n) is 10.8. The van der Waals surface area contributed by atoms with Crippen molar-refractivity contribution in [2.45, 2.75) is 25.9 Å². The first-order valence-corrected chi connectivity index (χ1v) is 6.25. The number of fused-ring (bicyclic) bond motifs is 1. The van der Waals surface area contributed by atoms with E-state index in [1.165, 1.54) is 0 Å². The van der Waals surface area contributed by atoms with Crippen LogP contribution in [0.15, 0.2) is 24.3 Å². The first kappa shape index (κ1) is 12.9. The van der Waals surface area contributed by atoms with Gasteiger partial charge in [0.1, 0.15) is 11.4 Å². The van der Waals surface area contributed by atoms with E-state index in [1.807, 2.05) is 38.1 Å². The molecule has 0 bridgehead atoms. The van der Waals surface area contributed by atoms with Crippen molar-refractivity contribution in [3.05, 3.63) is 29.8 Å². The Hall–Kier alpha value is -1.55. The van der Waals surface area contributed by atoms with Gasteiger partial charge in [0.2, 0.25) is 5.91 Å². The SMILES string of the molecule is CC(C)C(=O)NCC1(O)CCOc2ccccc21. The second kappa shape index (κ2) is 4.98. The van der Waals surface area contributed by atoms with Crippen LogP contribution in [-0.4, -0.2) is 24.2 Å². The molecule has 0 aromatic heterocycles. The molecule has 18 heavy (non-hydrogen) atoms. The molecule has 2 N–H and O–H groups in total. The number of rotatable bonds is 3. The fourth-order valence-electron chi connectivity index (χ4n) is 2.06. The lowest BCUT2D eigenvalue weighted by Crippen LogP contribution is -2.44. The molecule has 1 heterocycles. The van der Waals surface area contributed by atoms with E-state index in [9.17, 15) is 9.90 Å². The third kappa shape index (κ3) is 2.48. The maximum atomic E-state index is 11.6. The number of amides is 1. The lowest BCUT2D eigenvalue weighted by molar-refractivity contribution is -0.125. The van der Waals surface area contributed by atoms with E-state index in [-0.39, 0.29) is 18.4 Å². The Balaban J connectivity index is 2.15. The standard InChI is InChI=1S/C14H19NO3/c1-10(2)13(16)15-9-14(17)7-8-18-12-6-4-3-5-11(12)14/h3-6,10,17H,7-9H2,1-2H3,(H,15,16). The van der Waals surface area contributed by atoms with E-state index < -0.39 is 5.60 Å².